The summed E-state index contributed by atoms with van der Waals surface area (Å²) in [6, 6.07) is 7.31. The zero-order valence-corrected chi connectivity index (χ0v) is 43.2. The third kappa shape index (κ3) is 16.7. The Kier molecular flexibility index (Phi) is 21.2. The summed E-state index contributed by atoms with van der Waals surface area (Å²) in [7, 11) is 0. The number of imide groups is 2. The van der Waals surface area contributed by atoms with Crippen molar-refractivity contribution in [1.82, 2.24) is 40.0 Å². The van der Waals surface area contributed by atoms with Gasteiger partial charge in [0, 0.05) is 56.8 Å². The first-order valence-corrected chi connectivity index (χ1v) is 24.6. The Morgan fingerprint density at radius 3 is 1.90 bits per heavy atom. The zero-order valence-electron chi connectivity index (χ0n) is 43.2. The number of benzene rings is 1. The van der Waals surface area contributed by atoms with E-state index in [1.807, 2.05) is 18.3 Å². The van der Waals surface area contributed by atoms with Crippen molar-refractivity contribution in [2.75, 3.05) is 56.1 Å². The lowest BCUT2D eigenvalue weighted by molar-refractivity contribution is -0.193. The molecule has 4 aliphatic rings. The number of hydrogen-bond acceptors (Lipinski definition) is 17. The first kappa shape index (κ1) is 64.0. The molecule has 444 valence electrons. The van der Waals surface area contributed by atoms with Gasteiger partial charge in [0.25, 0.3) is 23.3 Å². The number of hydrogen-bond donors (Lipinski definition) is 6. The van der Waals surface area contributed by atoms with Crippen molar-refractivity contribution in [3.63, 3.8) is 0 Å². The number of ketones is 1. The minimum Gasteiger partial charge on any atom is -0.483 e. The second-order valence-electron chi connectivity index (χ2n) is 18.3. The molecule has 2 saturated heterocycles. The third-order valence-corrected chi connectivity index (χ3v) is 12.7. The van der Waals surface area contributed by atoms with E-state index < -0.39 is 66.1 Å². The number of piperazine rings is 1. The maximum absolute atomic E-state index is 13.6. The Balaban J connectivity index is 0.000000499. The lowest BCUT2D eigenvalue weighted by atomic mass is 10.0. The molecule has 4 aromatic rings. The Bertz CT molecular complexity index is 3080. The molecule has 0 spiro atoms. The van der Waals surface area contributed by atoms with Crippen molar-refractivity contribution < 1.29 is 103 Å². The van der Waals surface area contributed by atoms with Crippen LogP contribution >= 0.6 is 0 Å². The van der Waals surface area contributed by atoms with E-state index in [9.17, 15) is 73.1 Å². The van der Waals surface area contributed by atoms with Gasteiger partial charge < -0.3 is 35.6 Å². The van der Waals surface area contributed by atoms with Gasteiger partial charge in [0.1, 0.15) is 23.3 Å². The van der Waals surface area contributed by atoms with Gasteiger partial charge in [-0.05, 0) is 82.3 Å². The van der Waals surface area contributed by atoms with Crippen LogP contribution in [0.1, 0.15) is 101 Å². The van der Waals surface area contributed by atoms with Gasteiger partial charge in [-0.25, -0.2) is 24.4 Å². The molecule has 0 radical (unpaired) electrons. The number of halogens is 9. The fourth-order valence-electron chi connectivity index (χ4n) is 8.79. The van der Waals surface area contributed by atoms with Crippen LogP contribution in [0.3, 0.4) is 0 Å². The van der Waals surface area contributed by atoms with E-state index in [2.05, 4.69) is 35.7 Å². The number of piperidine rings is 1. The summed E-state index contributed by atoms with van der Waals surface area (Å²) in [5, 5.41) is 30.3. The summed E-state index contributed by atoms with van der Waals surface area (Å²) in [5.74, 6) is -10.4. The number of nitrogens with one attached hydrogen (secondary N) is 3. The van der Waals surface area contributed by atoms with Crippen molar-refractivity contribution in [1.29, 1.82) is 0 Å². The summed E-state index contributed by atoms with van der Waals surface area (Å²) in [6.45, 7) is 7.60. The number of carbonyl (C=O) groups excluding carboxylic acids is 6. The summed E-state index contributed by atoms with van der Waals surface area (Å²) < 4.78 is 103. The molecule has 1 unspecified atom stereocenters. The second-order valence-corrected chi connectivity index (χ2v) is 18.3. The predicted molar refractivity (Wildman–Crippen MR) is 264 cm³/mol. The van der Waals surface area contributed by atoms with E-state index in [0.29, 0.717) is 34.9 Å². The minimum absolute atomic E-state index is 0.00201. The molecule has 1 saturated carbocycles. The number of aliphatic carboxylic acids is 3. The average Bonchev–Trinajstić information content (AvgIpc) is 4.10. The number of aromatic nitrogens is 4. The highest BCUT2D eigenvalue weighted by atomic mass is 19.4. The predicted octanol–water partition coefficient (Wildman–Crippen LogP) is 4.95. The smallest absolute Gasteiger partial charge is 0.483 e. The number of carbonyl (C=O) groups is 9. The number of pyridine rings is 2. The monoisotopic (exact) mass is 1170 g/mol. The van der Waals surface area contributed by atoms with Crippen LogP contribution in [-0.4, -0.2) is 168 Å². The number of ether oxygens (including phenoxy) is 1. The molecule has 1 aliphatic carbocycles. The van der Waals surface area contributed by atoms with Gasteiger partial charge in [0.15, 0.2) is 12.4 Å². The quantitative estimate of drug-likeness (QED) is 0.0421. The fourth-order valence-corrected chi connectivity index (χ4v) is 8.79. The Hall–Kier alpha value is -8.78. The Morgan fingerprint density at radius 2 is 1.37 bits per heavy atom. The molecule has 24 nitrogen and oxygen atoms in total. The van der Waals surface area contributed by atoms with Crippen LogP contribution in [0, 0.1) is 6.92 Å². The number of carboxylic acids is 3. The summed E-state index contributed by atoms with van der Waals surface area (Å²) >= 11 is 0. The number of Topliss-reactive ketones (excluding diaryl/α,β-unsaturated/α-hetero) is 1. The molecule has 5 amide bonds. The number of alkyl halides is 9. The molecule has 3 aromatic heterocycles. The van der Waals surface area contributed by atoms with Crippen LogP contribution in [-0.2, 0) is 28.8 Å². The summed E-state index contributed by atoms with van der Waals surface area (Å²) in [4.78, 5) is 135. The van der Waals surface area contributed by atoms with Crippen molar-refractivity contribution in [2.24, 2.45) is 0 Å². The highest BCUT2D eigenvalue weighted by molar-refractivity contribution is 6.24. The van der Waals surface area contributed by atoms with Crippen LogP contribution in [0.5, 0.6) is 5.75 Å². The first-order chi connectivity index (χ1) is 38.3. The van der Waals surface area contributed by atoms with E-state index >= 15 is 0 Å². The molecule has 6 N–H and O–H groups in total. The molecule has 33 heteroatoms. The van der Waals surface area contributed by atoms with Crippen LogP contribution in [0.2, 0.25) is 0 Å². The maximum Gasteiger partial charge on any atom is 0.490 e. The highest BCUT2D eigenvalue weighted by Gasteiger charge is 2.46. The van der Waals surface area contributed by atoms with Gasteiger partial charge in [0.05, 0.1) is 28.6 Å². The number of unbranched alkanes of at least 4 members (excludes halogenated alkanes) is 1. The molecule has 6 heterocycles. The van der Waals surface area contributed by atoms with E-state index in [0.717, 1.165) is 81.8 Å². The molecule has 1 atom stereocenters. The Labute approximate surface area is 456 Å². The Morgan fingerprint density at radius 1 is 0.768 bits per heavy atom. The molecule has 1 aromatic carbocycles. The summed E-state index contributed by atoms with van der Waals surface area (Å²) in [5.41, 5.74) is 2.12. The van der Waals surface area contributed by atoms with Gasteiger partial charge in [-0.15, -0.1) is 0 Å². The lowest BCUT2D eigenvalue weighted by Gasteiger charge is -2.36. The molecular formula is C49H51F9N10O14. The number of anilines is 3. The summed E-state index contributed by atoms with van der Waals surface area (Å²) in [6.07, 6.45) is -6.26. The zero-order chi connectivity index (χ0) is 61.0. The molecule has 8 rings (SSSR count). The number of rotatable bonds is 14. The highest BCUT2D eigenvalue weighted by Crippen LogP contribution is 2.35. The molecule has 3 fully saturated rings. The van der Waals surface area contributed by atoms with Gasteiger partial charge in [-0.1, -0.05) is 18.9 Å². The lowest BCUT2D eigenvalue weighted by Crippen LogP contribution is -2.54. The number of fused-ring (bicyclic) bond motifs is 2. The number of aryl methyl sites for hydroxylation is 1. The van der Waals surface area contributed by atoms with E-state index in [1.54, 1.807) is 23.8 Å². The van der Waals surface area contributed by atoms with E-state index in [1.165, 1.54) is 19.1 Å². The second kappa shape index (κ2) is 27.1. The first-order valence-electron chi connectivity index (χ1n) is 24.6. The minimum atomic E-state index is -5.08. The van der Waals surface area contributed by atoms with Gasteiger partial charge in [-0.2, -0.15) is 44.5 Å². The van der Waals surface area contributed by atoms with Crippen molar-refractivity contribution in [3.8, 4) is 5.75 Å². The maximum atomic E-state index is 13.6. The topological polar surface area (TPSA) is 330 Å². The van der Waals surface area contributed by atoms with Crippen molar-refractivity contribution >= 4 is 81.7 Å². The van der Waals surface area contributed by atoms with Gasteiger partial charge in [0.2, 0.25) is 17.8 Å². The van der Waals surface area contributed by atoms with Crippen LogP contribution in [0.15, 0.2) is 47.5 Å². The molecule has 0 bridgehead atoms. The molecule has 3 aliphatic heterocycles. The number of nitrogens with zero attached hydrogens (tertiary/aromatic N) is 7. The number of amides is 5. The van der Waals surface area contributed by atoms with E-state index in [-0.39, 0.29) is 65.2 Å². The average molecular weight is 1170 g/mol. The van der Waals surface area contributed by atoms with Gasteiger partial charge in [-0.3, -0.25) is 53.2 Å². The number of carboxylic acid groups (broad SMARTS) is 3. The molecule has 82 heavy (non-hydrogen) atoms. The third-order valence-electron chi connectivity index (χ3n) is 12.7. The van der Waals surface area contributed by atoms with Crippen molar-refractivity contribution in [2.45, 2.75) is 95.8 Å². The normalized spacial score (nSPS) is 16.6. The van der Waals surface area contributed by atoms with Crippen LogP contribution < -0.4 is 31.1 Å². The molecular weight excluding hydrogens is 1120 g/mol. The largest absolute Gasteiger partial charge is 0.490 e. The van der Waals surface area contributed by atoms with Gasteiger partial charge >= 0.3 is 36.4 Å². The van der Waals surface area contributed by atoms with E-state index in [4.69, 9.17) is 39.4 Å². The van der Waals surface area contributed by atoms with Crippen molar-refractivity contribution in [3.05, 3.63) is 75.3 Å². The van der Waals surface area contributed by atoms with Crippen LogP contribution in [0.25, 0.3) is 11.0 Å². The van der Waals surface area contributed by atoms with Crippen LogP contribution in [0.4, 0.5) is 57.0 Å². The standard InChI is InChI=1S/C43H48N10O8.3C2HF3O2/c1-25-30-23-46-43(49-38(30)52(27-8-3-4-9-27)41(59)36(25)26(2)54)47-33-14-12-28(22-45-33)51-20-18-50(19-21-51)17-6-5-16-44-35(56)24-61-32-11-7-10-29-37(32)42(60)53(40(29)58)31-13-15-34(55)48-39(31)57;3*3-2(4,5)1(6)7/h7,10-12,14,22-23,27,31H,3-6,8-9,13,15-21,24H2,1-2H3,(H,44,56)(H,48,55,57)(H,45,46,47,49);3*(H,6,7). The fraction of sp³-hybridized carbons (Fsp3) is 0.449. The SMILES string of the molecule is CC(=O)c1c(C)c2cnc(Nc3ccc(N4CCN(CCCCNC(=O)COc5cccc6c5C(=O)N(C5CCC(=O)NC5=O)C6=O)CC4)cn3)nc2n(C2CCCC2)c1=O.O=C(O)C(F)(F)F.O=C(O)C(F)(F)F.O=C(O)C(F)(F)F.